The van der Waals surface area contributed by atoms with Crippen LogP contribution in [-0.2, 0) is 15.1 Å². The monoisotopic (exact) mass is 413 g/mol. The van der Waals surface area contributed by atoms with Crippen LogP contribution in [0.25, 0.3) is 0 Å². The number of hydrogen-bond acceptors (Lipinski definition) is 5. The molecule has 0 radical (unpaired) electrons. The number of carbonyl (C=O) groups is 3. The smallest absolute Gasteiger partial charge is 0.325 e. The zero-order valence-corrected chi connectivity index (χ0v) is 17.2. The van der Waals surface area contributed by atoms with E-state index in [1.807, 2.05) is 0 Å². The molecule has 160 valence electrons. The Hall–Kier alpha value is -3.03. The number of imide groups is 1. The first-order valence-electron chi connectivity index (χ1n) is 10.5. The maximum atomic E-state index is 13.0. The molecule has 1 aromatic rings. The number of nitrogens with zero attached hydrogens (tertiary/aromatic N) is 1. The molecule has 8 heteroatoms. The maximum absolute atomic E-state index is 13.0. The van der Waals surface area contributed by atoms with Crippen LogP contribution in [0.4, 0.5) is 4.79 Å². The van der Waals surface area contributed by atoms with Gasteiger partial charge in [0.1, 0.15) is 25.3 Å². The van der Waals surface area contributed by atoms with Crippen LogP contribution in [0, 0.1) is 0 Å². The molecular weight excluding hydrogens is 386 g/mol. The van der Waals surface area contributed by atoms with Gasteiger partial charge in [-0.05, 0) is 56.7 Å². The lowest BCUT2D eigenvalue weighted by atomic mass is 9.91. The molecule has 1 fully saturated rings. The van der Waals surface area contributed by atoms with Crippen LogP contribution >= 0.6 is 0 Å². The number of hydrogen-bond donors (Lipinski definition) is 2. The highest BCUT2D eigenvalue weighted by molar-refractivity contribution is 6.09. The Balaban J connectivity index is 1.38. The van der Waals surface area contributed by atoms with Gasteiger partial charge in [0.05, 0.1) is 0 Å². The van der Waals surface area contributed by atoms with Crippen molar-refractivity contribution in [3.8, 4) is 11.5 Å². The fourth-order valence-electron chi connectivity index (χ4n) is 4.08. The summed E-state index contributed by atoms with van der Waals surface area (Å²) in [5.74, 6) is 0.334. The Kier molecular flexibility index (Phi) is 5.65. The molecule has 0 saturated carbocycles. The second-order valence-corrected chi connectivity index (χ2v) is 8.01. The van der Waals surface area contributed by atoms with Crippen molar-refractivity contribution >= 4 is 17.8 Å². The number of allylic oxidation sites excluding steroid dienone is 1. The summed E-state index contributed by atoms with van der Waals surface area (Å²) >= 11 is 0. The molecule has 1 aliphatic carbocycles. The van der Waals surface area contributed by atoms with Gasteiger partial charge in [0, 0.05) is 6.54 Å². The average molecular weight is 413 g/mol. The lowest BCUT2D eigenvalue weighted by Gasteiger charge is -2.25. The second-order valence-electron chi connectivity index (χ2n) is 8.01. The van der Waals surface area contributed by atoms with E-state index in [-0.39, 0.29) is 12.5 Å². The largest absolute Gasteiger partial charge is 0.486 e. The molecule has 4 rings (SSSR count). The number of carbonyl (C=O) groups excluding carboxylic acids is 3. The van der Waals surface area contributed by atoms with Crippen molar-refractivity contribution in [2.45, 2.75) is 44.6 Å². The van der Waals surface area contributed by atoms with E-state index >= 15 is 0 Å². The molecule has 3 aliphatic rings. The van der Waals surface area contributed by atoms with Gasteiger partial charge in [-0.3, -0.25) is 14.5 Å². The first-order chi connectivity index (χ1) is 14.5. The third kappa shape index (κ3) is 3.99. The number of benzene rings is 1. The predicted octanol–water partition coefficient (Wildman–Crippen LogP) is 2.23. The molecule has 30 heavy (non-hydrogen) atoms. The highest BCUT2D eigenvalue weighted by atomic mass is 16.6. The van der Waals surface area contributed by atoms with Gasteiger partial charge in [-0.2, -0.15) is 0 Å². The highest BCUT2D eigenvalue weighted by Gasteiger charge is 2.49. The van der Waals surface area contributed by atoms with Gasteiger partial charge in [-0.25, -0.2) is 4.79 Å². The Labute approximate surface area is 175 Å². The van der Waals surface area contributed by atoms with E-state index < -0.39 is 17.5 Å². The normalized spacial score (nSPS) is 23.1. The lowest BCUT2D eigenvalue weighted by Crippen LogP contribution is -2.43. The van der Waals surface area contributed by atoms with E-state index in [0.29, 0.717) is 36.8 Å². The average Bonchev–Trinajstić information content (AvgIpc) is 2.98. The van der Waals surface area contributed by atoms with E-state index in [0.717, 1.165) is 24.2 Å². The van der Waals surface area contributed by atoms with Crippen LogP contribution in [0.3, 0.4) is 0 Å². The molecule has 1 aromatic carbocycles. The molecule has 2 N–H and O–H groups in total. The molecule has 1 saturated heterocycles. The van der Waals surface area contributed by atoms with Gasteiger partial charge in [0.2, 0.25) is 5.91 Å². The summed E-state index contributed by atoms with van der Waals surface area (Å²) in [6.45, 7) is 2.74. The summed E-state index contributed by atoms with van der Waals surface area (Å²) in [5, 5.41) is 5.53. The molecule has 0 aromatic heterocycles. The Morgan fingerprint density at radius 2 is 2.00 bits per heavy atom. The summed E-state index contributed by atoms with van der Waals surface area (Å²) in [4.78, 5) is 38.8. The van der Waals surface area contributed by atoms with Gasteiger partial charge >= 0.3 is 6.03 Å². The summed E-state index contributed by atoms with van der Waals surface area (Å²) in [7, 11) is 0. The summed E-state index contributed by atoms with van der Waals surface area (Å²) in [6.07, 6.45) is 7.65. The minimum Gasteiger partial charge on any atom is -0.486 e. The van der Waals surface area contributed by atoms with E-state index in [4.69, 9.17) is 9.47 Å². The fraction of sp³-hybridized carbons (Fsp3) is 0.500. The number of amides is 4. The van der Waals surface area contributed by atoms with Crippen LogP contribution in [0.5, 0.6) is 11.5 Å². The van der Waals surface area contributed by atoms with Crippen molar-refractivity contribution in [3.63, 3.8) is 0 Å². The standard InChI is InChI=1S/C22H27N3O5/c1-22(16-7-8-17-18(13-16)30-12-11-29-17)20(27)25(21(28)24-22)14-19(26)23-10-9-15-5-3-2-4-6-15/h5,7-8,13H,2-4,6,9-12,14H2,1H3,(H,23,26)(H,24,28). The Bertz CT molecular complexity index is 897. The zero-order chi connectivity index (χ0) is 21.1. The quantitative estimate of drug-likeness (QED) is 0.551. The van der Waals surface area contributed by atoms with E-state index in [1.165, 1.54) is 18.4 Å². The van der Waals surface area contributed by atoms with Crippen LogP contribution in [0.15, 0.2) is 29.8 Å². The van der Waals surface area contributed by atoms with Crippen molar-refractivity contribution in [2.75, 3.05) is 26.3 Å². The fourth-order valence-corrected chi connectivity index (χ4v) is 4.08. The molecule has 1 atom stereocenters. The molecule has 4 amide bonds. The number of fused-ring (bicyclic) bond motifs is 1. The molecule has 0 bridgehead atoms. The topological polar surface area (TPSA) is 97.0 Å². The number of ether oxygens (including phenoxy) is 2. The SMILES string of the molecule is CC1(c2ccc3c(c2)OCCO3)NC(=O)N(CC(=O)NCCC2=CCCCC2)C1=O. The van der Waals surface area contributed by atoms with E-state index in [2.05, 4.69) is 16.7 Å². The Morgan fingerprint density at radius 1 is 1.20 bits per heavy atom. The van der Waals surface area contributed by atoms with E-state index in [9.17, 15) is 14.4 Å². The summed E-state index contributed by atoms with van der Waals surface area (Å²) < 4.78 is 11.1. The molecular formula is C22H27N3O5. The predicted molar refractivity (Wildman–Crippen MR) is 109 cm³/mol. The number of nitrogens with one attached hydrogen (secondary N) is 2. The van der Waals surface area contributed by atoms with Crippen molar-refractivity contribution in [2.24, 2.45) is 0 Å². The zero-order valence-electron chi connectivity index (χ0n) is 17.2. The van der Waals surface area contributed by atoms with Crippen LogP contribution in [0.2, 0.25) is 0 Å². The third-order valence-electron chi connectivity index (χ3n) is 5.85. The number of urea groups is 1. The van der Waals surface area contributed by atoms with Crippen molar-refractivity contribution in [1.29, 1.82) is 0 Å². The minimum absolute atomic E-state index is 0.302. The summed E-state index contributed by atoms with van der Waals surface area (Å²) in [6, 6.07) is 4.58. The van der Waals surface area contributed by atoms with Crippen LogP contribution < -0.4 is 20.1 Å². The maximum Gasteiger partial charge on any atom is 0.325 e. The van der Waals surface area contributed by atoms with Crippen molar-refractivity contribution < 1.29 is 23.9 Å². The highest BCUT2D eigenvalue weighted by Crippen LogP contribution is 2.36. The molecule has 0 spiro atoms. The summed E-state index contributed by atoms with van der Waals surface area (Å²) in [5.41, 5.74) is 0.681. The van der Waals surface area contributed by atoms with Gasteiger partial charge in [-0.1, -0.05) is 17.7 Å². The molecule has 2 aliphatic heterocycles. The van der Waals surface area contributed by atoms with Gasteiger partial charge in [0.25, 0.3) is 5.91 Å². The first kappa shape index (κ1) is 20.3. The number of rotatable bonds is 6. The second kappa shape index (κ2) is 8.38. The van der Waals surface area contributed by atoms with Gasteiger partial charge < -0.3 is 20.1 Å². The first-order valence-corrected chi connectivity index (χ1v) is 10.5. The molecule has 2 heterocycles. The lowest BCUT2D eigenvalue weighted by molar-refractivity contribution is -0.134. The van der Waals surface area contributed by atoms with E-state index in [1.54, 1.807) is 25.1 Å². The van der Waals surface area contributed by atoms with Crippen LogP contribution in [-0.4, -0.2) is 49.0 Å². The molecule has 1 unspecified atom stereocenters. The Morgan fingerprint density at radius 3 is 2.77 bits per heavy atom. The van der Waals surface area contributed by atoms with Crippen molar-refractivity contribution in [3.05, 3.63) is 35.4 Å². The van der Waals surface area contributed by atoms with Gasteiger partial charge in [0.15, 0.2) is 11.5 Å². The molecule has 8 nitrogen and oxygen atoms in total. The van der Waals surface area contributed by atoms with Gasteiger partial charge in [-0.15, -0.1) is 0 Å². The van der Waals surface area contributed by atoms with Crippen LogP contribution in [0.1, 0.15) is 44.6 Å². The van der Waals surface area contributed by atoms with Crippen molar-refractivity contribution in [1.82, 2.24) is 15.5 Å². The third-order valence-corrected chi connectivity index (χ3v) is 5.85. The minimum atomic E-state index is -1.26.